The quantitative estimate of drug-likeness (QED) is 0.770. The predicted octanol–water partition coefficient (Wildman–Crippen LogP) is 2.70. The molecule has 25 heavy (non-hydrogen) atoms. The minimum absolute atomic E-state index is 0.0540. The second-order valence-electron chi connectivity index (χ2n) is 5.29. The molecule has 1 amide bonds. The third-order valence-corrected chi connectivity index (χ3v) is 3.43. The van der Waals surface area contributed by atoms with Crippen LogP contribution in [-0.2, 0) is 6.54 Å². The molecule has 2 heterocycles. The van der Waals surface area contributed by atoms with Crippen LogP contribution in [0, 0.1) is 5.82 Å². The number of aryl methyl sites for hydroxylation is 1. The van der Waals surface area contributed by atoms with Gasteiger partial charge in [-0.05, 0) is 24.6 Å². The Balaban J connectivity index is 1.79. The Morgan fingerprint density at radius 3 is 2.84 bits per heavy atom. The lowest BCUT2D eigenvalue weighted by Crippen LogP contribution is -2.26. The standard InChI is InChI=1S/C17H15FN4O3/c1-2-9-22-16(23)8-7-13(20-22)17(24)19-15-10-14(21-25-15)11-5-3-4-6-12(11)18/h3-8,10H,2,9H2,1H3,(H,19,24). The Hall–Kier alpha value is -3.29. The number of nitrogens with zero attached hydrogens (tertiary/aromatic N) is 3. The van der Waals surface area contributed by atoms with Crippen molar-refractivity contribution >= 4 is 11.8 Å². The van der Waals surface area contributed by atoms with Gasteiger partial charge >= 0.3 is 0 Å². The van der Waals surface area contributed by atoms with Crippen molar-refractivity contribution in [3.05, 3.63) is 64.3 Å². The fourth-order valence-electron chi connectivity index (χ4n) is 2.25. The molecule has 0 radical (unpaired) electrons. The number of hydrogen-bond acceptors (Lipinski definition) is 5. The van der Waals surface area contributed by atoms with Gasteiger partial charge in [0.15, 0.2) is 0 Å². The lowest BCUT2D eigenvalue weighted by Gasteiger charge is -2.04. The number of rotatable bonds is 5. The van der Waals surface area contributed by atoms with Crippen LogP contribution in [0.1, 0.15) is 23.8 Å². The Bertz CT molecular complexity index is 964. The summed E-state index contributed by atoms with van der Waals surface area (Å²) in [5.41, 5.74) is 0.315. The Labute approximate surface area is 142 Å². The molecule has 0 bridgehead atoms. The second kappa shape index (κ2) is 7.08. The van der Waals surface area contributed by atoms with Crippen LogP contribution in [0.5, 0.6) is 0 Å². The van der Waals surface area contributed by atoms with E-state index in [2.05, 4.69) is 15.6 Å². The van der Waals surface area contributed by atoms with Crippen molar-refractivity contribution in [1.82, 2.24) is 14.9 Å². The first-order valence-electron chi connectivity index (χ1n) is 7.69. The van der Waals surface area contributed by atoms with Gasteiger partial charge in [-0.2, -0.15) is 5.10 Å². The molecule has 0 unspecified atom stereocenters. The van der Waals surface area contributed by atoms with Gasteiger partial charge in [0.25, 0.3) is 11.5 Å². The largest absolute Gasteiger partial charge is 0.338 e. The van der Waals surface area contributed by atoms with Crippen LogP contribution in [0.3, 0.4) is 0 Å². The molecule has 8 heteroatoms. The molecule has 0 saturated heterocycles. The van der Waals surface area contributed by atoms with Gasteiger partial charge in [0.2, 0.25) is 5.88 Å². The molecule has 0 aliphatic rings. The van der Waals surface area contributed by atoms with E-state index in [1.807, 2.05) is 6.92 Å². The third kappa shape index (κ3) is 3.63. The van der Waals surface area contributed by atoms with Crippen LogP contribution >= 0.6 is 0 Å². The summed E-state index contributed by atoms with van der Waals surface area (Å²) in [6.07, 6.45) is 0.714. The average molecular weight is 342 g/mol. The predicted molar refractivity (Wildman–Crippen MR) is 88.6 cm³/mol. The third-order valence-electron chi connectivity index (χ3n) is 3.43. The van der Waals surface area contributed by atoms with Crippen molar-refractivity contribution in [1.29, 1.82) is 0 Å². The van der Waals surface area contributed by atoms with Crippen LogP contribution in [-0.4, -0.2) is 20.8 Å². The van der Waals surface area contributed by atoms with Gasteiger partial charge in [-0.3, -0.25) is 14.9 Å². The molecule has 0 saturated carbocycles. The SMILES string of the molecule is CCCn1nc(C(=O)Nc2cc(-c3ccccc3F)no2)ccc1=O. The van der Waals surface area contributed by atoms with Crippen molar-refractivity contribution in [3.63, 3.8) is 0 Å². The maximum Gasteiger partial charge on any atom is 0.278 e. The summed E-state index contributed by atoms with van der Waals surface area (Å²) in [4.78, 5) is 23.9. The van der Waals surface area contributed by atoms with E-state index in [1.165, 1.54) is 28.9 Å². The highest BCUT2D eigenvalue weighted by molar-refractivity contribution is 6.02. The summed E-state index contributed by atoms with van der Waals surface area (Å²) in [7, 11) is 0. The molecule has 0 aliphatic heterocycles. The first-order valence-corrected chi connectivity index (χ1v) is 7.69. The number of hydrogen-bond donors (Lipinski definition) is 1. The van der Waals surface area contributed by atoms with Gasteiger partial charge in [0.05, 0.1) is 0 Å². The van der Waals surface area contributed by atoms with Gasteiger partial charge in [0.1, 0.15) is 17.2 Å². The summed E-state index contributed by atoms with van der Waals surface area (Å²) in [5, 5.41) is 10.2. The molecular weight excluding hydrogens is 327 g/mol. The van der Waals surface area contributed by atoms with E-state index in [0.717, 1.165) is 0 Å². The Morgan fingerprint density at radius 2 is 2.08 bits per heavy atom. The summed E-state index contributed by atoms with van der Waals surface area (Å²) in [6, 6.07) is 10.1. The van der Waals surface area contributed by atoms with Crippen LogP contribution in [0.15, 0.2) is 51.8 Å². The lowest BCUT2D eigenvalue weighted by molar-refractivity contribution is 0.101. The van der Waals surface area contributed by atoms with Crippen molar-refractivity contribution < 1.29 is 13.7 Å². The van der Waals surface area contributed by atoms with E-state index in [0.29, 0.717) is 13.0 Å². The van der Waals surface area contributed by atoms with Crippen LogP contribution in [0.2, 0.25) is 0 Å². The zero-order valence-corrected chi connectivity index (χ0v) is 13.4. The minimum Gasteiger partial charge on any atom is -0.338 e. The van der Waals surface area contributed by atoms with E-state index in [1.54, 1.807) is 18.2 Å². The minimum atomic E-state index is -0.555. The first-order chi connectivity index (χ1) is 12.1. The molecule has 0 aliphatic carbocycles. The highest BCUT2D eigenvalue weighted by Crippen LogP contribution is 2.24. The zero-order chi connectivity index (χ0) is 17.8. The number of aromatic nitrogens is 3. The van der Waals surface area contributed by atoms with Gasteiger partial charge in [0, 0.05) is 24.2 Å². The monoisotopic (exact) mass is 342 g/mol. The van der Waals surface area contributed by atoms with E-state index < -0.39 is 11.7 Å². The van der Waals surface area contributed by atoms with Gasteiger partial charge < -0.3 is 4.52 Å². The van der Waals surface area contributed by atoms with Crippen LogP contribution in [0.4, 0.5) is 10.3 Å². The molecule has 0 fully saturated rings. The number of anilines is 1. The number of carbonyl (C=O) groups excluding carboxylic acids is 1. The van der Waals surface area contributed by atoms with Crippen molar-refractivity contribution in [3.8, 4) is 11.3 Å². The second-order valence-corrected chi connectivity index (χ2v) is 5.29. The normalized spacial score (nSPS) is 10.6. The lowest BCUT2D eigenvalue weighted by atomic mass is 10.1. The molecule has 3 aromatic rings. The van der Waals surface area contributed by atoms with Gasteiger partial charge in [-0.1, -0.05) is 24.2 Å². The maximum atomic E-state index is 13.8. The molecule has 0 spiro atoms. The van der Waals surface area contributed by atoms with Gasteiger partial charge in [-0.25, -0.2) is 9.07 Å². The number of amides is 1. The molecule has 3 rings (SSSR count). The molecule has 1 aromatic carbocycles. The fraction of sp³-hybridized carbons (Fsp3) is 0.176. The highest BCUT2D eigenvalue weighted by Gasteiger charge is 2.15. The Kier molecular flexibility index (Phi) is 4.69. The van der Waals surface area contributed by atoms with E-state index in [4.69, 9.17) is 4.52 Å². The number of carbonyl (C=O) groups is 1. The number of nitrogens with one attached hydrogen (secondary N) is 1. The summed E-state index contributed by atoms with van der Waals surface area (Å²) in [5.74, 6) is -0.943. The van der Waals surface area contributed by atoms with Crippen molar-refractivity contribution in [2.24, 2.45) is 0 Å². The smallest absolute Gasteiger partial charge is 0.278 e. The molecule has 7 nitrogen and oxygen atoms in total. The molecule has 1 N–H and O–H groups in total. The van der Waals surface area contributed by atoms with Crippen molar-refractivity contribution in [2.45, 2.75) is 19.9 Å². The molecule has 2 aromatic heterocycles. The summed E-state index contributed by atoms with van der Waals surface area (Å²) >= 11 is 0. The average Bonchev–Trinajstić information content (AvgIpc) is 3.05. The topological polar surface area (TPSA) is 90.0 Å². The molecule has 128 valence electrons. The van der Waals surface area contributed by atoms with Crippen molar-refractivity contribution in [2.75, 3.05) is 5.32 Å². The van der Waals surface area contributed by atoms with E-state index in [9.17, 15) is 14.0 Å². The van der Waals surface area contributed by atoms with E-state index in [-0.39, 0.29) is 28.4 Å². The number of benzene rings is 1. The molecular formula is C17H15FN4O3. The fourth-order valence-corrected chi connectivity index (χ4v) is 2.25. The maximum absolute atomic E-state index is 13.8. The van der Waals surface area contributed by atoms with Crippen LogP contribution in [0.25, 0.3) is 11.3 Å². The first kappa shape index (κ1) is 16.6. The highest BCUT2D eigenvalue weighted by atomic mass is 19.1. The number of halogens is 1. The molecule has 0 atom stereocenters. The van der Waals surface area contributed by atoms with E-state index >= 15 is 0 Å². The Morgan fingerprint density at radius 1 is 1.28 bits per heavy atom. The zero-order valence-electron chi connectivity index (χ0n) is 13.4. The summed E-state index contributed by atoms with van der Waals surface area (Å²) in [6.45, 7) is 2.32. The summed E-state index contributed by atoms with van der Waals surface area (Å²) < 4.78 is 20.0. The van der Waals surface area contributed by atoms with Crippen LogP contribution < -0.4 is 10.9 Å². The van der Waals surface area contributed by atoms with Gasteiger partial charge in [-0.15, -0.1) is 0 Å².